The van der Waals surface area contributed by atoms with Crippen LogP contribution in [0.5, 0.6) is 11.5 Å². The van der Waals surface area contributed by atoms with Crippen LogP contribution in [-0.2, 0) is 9.59 Å². The lowest BCUT2D eigenvalue weighted by Crippen LogP contribution is -2.09. The highest BCUT2D eigenvalue weighted by Gasteiger charge is 2.23. The van der Waals surface area contributed by atoms with Gasteiger partial charge in [-0.25, -0.2) is 0 Å². The zero-order chi connectivity index (χ0) is 33.3. The van der Waals surface area contributed by atoms with Gasteiger partial charge in [0, 0.05) is 34.4 Å². The Morgan fingerprint density at radius 3 is 0.958 bits per heavy atom. The van der Waals surface area contributed by atoms with Gasteiger partial charge in [-0.05, 0) is 45.5 Å². The molecule has 0 N–H and O–H groups in total. The smallest absolute Gasteiger partial charge is 0.311 e. The van der Waals surface area contributed by atoms with Gasteiger partial charge in [0.1, 0.15) is 11.5 Å². The van der Waals surface area contributed by atoms with Crippen LogP contribution in [-0.4, -0.2) is 11.9 Å². The molecular weight excluding hydrogens is 592 g/mol. The van der Waals surface area contributed by atoms with Crippen LogP contribution in [0.15, 0.2) is 97.1 Å². The summed E-state index contributed by atoms with van der Waals surface area (Å²) in [6, 6.07) is 32.9. The fourth-order valence-electron chi connectivity index (χ4n) is 7.01. The molecule has 6 aromatic rings. The molecule has 0 aromatic heterocycles. The van der Waals surface area contributed by atoms with E-state index in [-0.39, 0.29) is 11.9 Å². The first-order chi connectivity index (χ1) is 23.6. The van der Waals surface area contributed by atoms with Crippen molar-refractivity contribution in [3.05, 3.63) is 97.1 Å². The first-order valence-electron chi connectivity index (χ1n) is 17.9. The summed E-state index contributed by atoms with van der Waals surface area (Å²) in [5.41, 5.74) is 2.14. The van der Waals surface area contributed by atoms with Crippen LogP contribution in [0.25, 0.3) is 54.2 Å². The zero-order valence-corrected chi connectivity index (χ0v) is 28.4. The number of carbonyl (C=O) groups excluding carboxylic acids is 2. The minimum Gasteiger partial charge on any atom is -0.425 e. The number of hydrogen-bond acceptors (Lipinski definition) is 4. The molecule has 48 heavy (non-hydrogen) atoms. The number of esters is 2. The third-order valence-corrected chi connectivity index (χ3v) is 9.41. The number of hydrogen-bond donors (Lipinski definition) is 0. The van der Waals surface area contributed by atoms with Crippen LogP contribution in [0.1, 0.15) is 90.9 Å². The molecule has 0 saturated heterocycles. The summed E-state index contributed by atoms with van der Waals surface area (Å²) in [5, 5.41) is 7.63. The molecule has 0 amide bonds. The van der Waals surface area contributed by atoms with Gasteiger partial charge < -0.3 is 9.47 Å². The van der Waals surface area contributed by atoms with E-state index >= 15 is 0 Å². The van der Waals surface area contributed by atoms with E-state index in [9.17, 15) is 9.59 Å². The van der Waals surface area contributed by atoms with Crippen molar-refractivity contribution in [2.24, 2.45) is 0 Å². The van der Waals surface area contributed by atoms with Gasteiger partial charge in [-0.2, -0.15) is 0 Å². The van der Waals surface area contributed by atoms with Crippen molar-refractivity contribution in [1.82, 2.24) is 0 Å². The maximum Gasteiger partial charge on any atom is 0.311 e. The normalized spacial score (nSPS) is 11.5. The van der Waals surface area contributed by atoms with Crippen molar-refractivity contribution in [2.45, 2.75) is 90.9 Å². The third kappa shape index (κ3) is 7.08. The van der Waals surface area contributed by atoms with Crippen molar-refractivity contribution in [3.63, 3.8) is 0 Å². The number of benzene rings is 6. The van der Waals surface area contributed by atoms with Crippen LogP contribution < -0.4 is 9.47 Å². The minimum absolute atomic E-state index is 0.193. The monoisotopic (exact) mass is 638 g/mol. The maximum absolute atomic E-state index is 13.2. The molecule has 0 radical (unpaired) electrons. The van der Waals surface area contributed by atoms with Crippen LogP contribution in [0, 0.1) is 0 Å². The molecule has 6 aromatic carbocycles. The van der Waals surface area contributed by atoms with Gasteiger partial charge >= 0.3 is 11.9 Å². The molecule has 0 heterocycles. The SMILES string of the molecule is CCCCCCCC(=O)Oc1c2ccccc2c(-c2c3ccccc3c(OC(=O)CCCCCCC)c3ccccc23)c2ccccc12. The zero-order valence-electron chi connectivity index (χ0n) is 28.4. The van der Waals surface area contributed by atoms with E-state index in [1.807, 2.05) is 48.5 Å². The molecule has 0 spiro atoms. The summed E-state index contributed by atoms with van der Waals surface area (Å²) < 4.78 is 12.5. The Kier molecular flexibility index (Phi) is 11.0. The molecule has 4 heteroatoms. The van der Waals surface area contributed by atoms with E-state index in [0.29, 0.717) is 24.3 Å². The summed E-state index contributed by atoms with van der Waals surface area (Å²) in [4.78, 5) is 26.4. The summed E-state index contributed by atoms with van der Waals surface area (Å²) in [6.07, 6.45) is 11.6. The number of fused-ring (bicyclic) bond motifs is 4. The predicted molar refractivity (Wildman–Crippen MR) is 200 cm³/mol. The highest BCUT2D eigenvalue weighted by Crippen LogP contribution is 2.49. The van der Waals surface area contributed by atoms with Crippen molar-refractivity contribution >= 4 is 55.0 Å². The fourth-order valence-corrected chi connectivity index (χ4v) is 7.01. The Labute approximate surface area is 284 Å². The number of unbranched alkanes of at least 4 members (excludes halogenated alkanes) is 8. The van der Waals surface area contributed by atoms with Crippen molar-refractivity contribution in [3.8, 4) is 22.6 Å². The van der Waals surface area contributed by atoms with Crippen LogP contribution in [0.3, 0.4) is 0 Å². The Morgan fingerprint density at radius 1 is 0.396 bits per heavy atom. The molecule has 0 saturated carbocycles. The van der Waals surface area contributed by atoms with Crippen molar-refractivity contribution in [2.75, 3.05) is 0 Å². The summed E-state index contributed by atoms with van der Waals surface area (Å²) in [7, 11) is 0. The van der Waals surface area contributed by atoms with E-state index in [0.717, 1.165) is 92.7 Å². The molecule has 0 unspecified atom stereocenters. The molecule has 4 nitrogen and oxygen atoms in total. The standard InChI is InChI=1S/C44H46O4/c1-3-5-7-9-11-29-39(45)47-43-35-25-17-13-21-31(35)41(32-22-14-18-26-36(32)43)42-33-23-15-19-27-37(33)44(38-28-20-16-24-34(38)42)48-40(46)30-12-10-8-6-4-2/h13-28H,3-12,29-30H2,1-2H3. The average Bonchev–Trinajstić information content (AvgIpc) is 3.12. The van der Waals surface area contributed by atoms with E-state index < -0.39 is 0 Å². The Bertz CT molecular complexity index is 1790. The van der Waals surface area contributed by atoms with Crippen LogP contribution >= 0.6 is 0 Å². The number of rotatable bonds is 15. The van der Waals surface area contributed by atoms with E-state index in [1.54, 1.807) is 0 Å². The summed E-state index contributed by atoms with van der Waals surface area (Å²) >= 11 is 0. The molecule has 246 valence electrons. The van der Waals surface area contributed by atoms with Gasteiger partial charge in [-0.3, -0.25) is 9.59 Å². The molecule has 0 aliphatic heterocycles. The lowest BCUT2D eigenvalue weighted by Gasteiger charge is -2.21. The largest absolute Gasteiger partial charge is 0.425 e. The van der Waals surface area contributed by atoms with E-state index in [1.165, 1.54) is 25.7 Å². The molecule has 0 aliphatic carbocycles. The predicted octanol–water partition coefficient (Wildman–Crippen LogP) is 12.5. The van der Waals surface area contributed by atoms with Crippen molar-refractivity contribution < 1.29 is 19.1 Å². The highest BCUT2D eigenvalue weighted by molar-refractivity contribution is 6.27. The minimum atomic E-state index is -0.193. The van der Waals surface area contributed by atoms with Crippen molar-refractivity contribution in [1.29, 1.82) is 0 Å². The number of carbonyl (C=O) groups is 2. The molecule has 0 fully saturated rings. The van der Waals surface area contributed by atoms with E-state index in [2.05, 4.69) is 62.4 Å². The molecular formula is C44H46O4. The third-order valence-electron chi connectivity index (χ3n) is 9.41. The second-order valence-electron chi connectivity index (χ2n) is 12.9. The van der Waals surface area contributed by atoms with Gasteiger partial charge in [0.2, 0.25) is 0 Å². The Hall–Kier alpha value is -4.70. The first-order valence-corrected chi connectivity index (χ1v) is 17.9. The van der Waals surface area contributed by atoms with Crippen LogP contribution in [0.2, 0.25) is 0 Å². The molecule has 6 rings (SSSR count). The average molecular weight is 639 g/mol. The van der Waals surface area contributed by atoms with Gasteiger partial charge in [-0.15, -0.1) is 0 Å². The highest BCUT2D eigenvalue weighted by atomic mass is 16.5. The molecule has 0 aliphatic rings. The van der Waals surface area contributed by atoms with Gasteiger partial charge in [0.25, 0.3) is 0 Å². The van der Waals surface area contributed by atoms with Gasteiger partial charge in [0.15, 0.2) is 0 Å². The lowest BCUT2D eigenvalue weighted by atomic mass is 9.85. The second kappa shape index (κ2) is 15.9. The fraction of sp³-hybridized carbons (Fsp3) is 0.318. The summed E-state index contributed by atoms with van der Waals surface area (Å²) in [5.74, 6) is 0.840. The first kappa shape index (κ1) is 33.2. The topological polar surface area (TPSA) is 52.6 Å². The Balaban J connectivity index is 1.49. The van der Waals surface area contributed by atoms with E-state index in [4.69, 9.17) is 9.47 Å². The van der Waals surface area contributed by atoms with Crippen LogP contribution in [0.4, 0.5) is 0 Å². The lowest BCUT2D eigenvalue weighted by molar-refractivity contribution is -0.135. The molecule has 0 atom stereocenters. The maximum atomic E-state index is 13.2. The summed E-state index contributed by atoms with van der Waals surface area (Å²) in [6.45, 7) is 4.39. The second-order valence-corrected chi connectivity index (χ2v) is 12.9. The van der Waals surface area contributed by atoms with Gasteiger partial charge in [-0.1, -0.05) is 162 Å². The Morgan fingerprint density at radius 2 is 0.667 bits per heavy atom. The number of ether oxygens (including phenoxy) is 2. The molecule has 0 bridgehead atoms. The van der Waals surface area contributed by atoms with Gasteiger partial charge in [0.05, 0.1) is 0 Å². The quantitative estimate of drug-likeness (QED) is 0.0486.